The quantitative estimate of drug-likeness (QED) is 0.858. The molecule has 0 aliphatic heterocycles. The van der Waals surface area contributed by atoms with Crippen molar-refractivity contribution in [3.63, 3.8) is 0 Å². The summed E-state index contributed by atoms with van der Waals surface area (Å²) in [5.41, 5.74) is 8.11. The summed E-state index contributed by atoms with van der Waals surface area (Å²) < 4.78 is 5.14. The zero-order valence-corrected chi connectivity index (χ0v) is 14.0. The molecule has 0 fully saturated rings. The average Bonchev–Trinajstić information content (AvgIpc) is 2.52. The number of nitrogens with one attached hydrogen (secondary N) is 1. The summed E-state index contributed by atoms with van der Waals surface area (Å²) in [5.74, 6) is 0. The molecule has 0 saturated carbocycles. The predicted octanol–water partition coefficient (Wildman–Crippen LogP) is 3.47. The summed E-state index contributed by atoms with van der Waals surface area (Å²) in [7, 11) is 1.75. The lowest BCUT2D eigenvalue weighted by Gasteiger charge is -2.22. The minimum atomic E-state index is 0.753. The van der Waals surface area contributed by atoms with Crippen LogP contribution in [0.3, 0.4) is 0 Å². The minimum absolute atomic E-state index is 0.753. The number of hydrogen-bond acceptors (Lipinski definition) is 3. The van der Waals surface area contributed by atoms with E-state index in [1.54, 1.807) is 7.11 Å². The van der Waals surface area contributed by atoms with Gasteiger partial charge in [0.2, 0.25) is 0 Å². The van der Waals surface area contributed by atoms with Gasteiger partial charge in [-0.25, -0.2) is 0 Å². The lowest BCUT2D eigenvalue weighted by atomic mass is 9.89. The predicted molar refractivity (Wildman–Crippen MR) is 91.4 cm³/mol. The number of nitrogens with zero attached hydrogens (tertiary/aromatic N) is 1. The first-order valence-corrected chi connectivity index (χ1v) is 8.32. The fraction of sp³-hybridized carbons (Fsp3) is 0.526. The highest BCUT2D eigenvalue weighted by Crippen LogP contribution is 2.30. The van der Waals surface area contributed by atoms with E-state index in [0.717, 1.165) is 31.6 Å². The van der Waals surface area contributed by atoms with Crippen LogP contribution in [0.1, 0.15) is 40.8 Å². The molecule has 2 aromatic rings. The molecule has 0 radical (unpaired) electrons. The number of rotatable bonds is 5. The third kappa shape index (κ3) is 3.01. The molecule has 1 N–H and O–H groups in total. The van der Waals surface area contributed by atoms with Crippen molar-refractivity contribution < 1.29 is 4.74 Å². The van der Waals surface area contributed by atoms with Crippen LogP contribution in [-0.2, 0) is 24.1 Å². The number of benzene rings is 1. The molecule has 1 aliphatic rings. The molecule has 0 unspecified atom stereocenters. The standard InChI is InChI=1S/C19H26N2O/c1-13-10-16-17(12-20-8-9-22-3)15-6-4-5-7-18(15)21-19(16)11-14(13)2/h10-11,20H,4-9,12H2,1-3H3. The van der Waals surface area contributed by atoms with Crippen LogP contribution in [0.25, 0.3) is 10.9 Å². The zero-order chi connectivity index (χ0) is 15.5. The normalized spacial score (nSPS) is 14.3. The second kappa shape index (κ2) is 6.76. The summed E-state index contributed by atoms with van der Waals surface area (Å²) in [6.45, 7) is 6.92. The van der Waals surface area contributed by atoms with E-state index >= 15 is 0 Å². The molecule has 3 rings (SSSR count). The molecule has 0 spiro atoms. The average molecular weight is 298 g/mol. The van der Waals surface area contributed by atoms with Crippen LogP contribution in [0.2, 0.25) is 0 Å². The van der Waals surface area contributed by atoms with E-state index in [0.29, 0.717) is 0 Å². The molecule has 0 saturated heterocycles. The van der Waals surface area contributed by atoms with Crippen LogP contribution < -0.4 is 5.32 Å². The van der Waals surface area contributed by atoms with E-state index in [4.69, 9.17) is 9.72 Å². The van der Waals surface area contributed by atoms with Crippen LogP contribution in [0.5, 0.6) is 0 Å². The van der Waals surface area contributed by atoms with Gasteiger partial charge in [-0.3, -0.25) is 4.98 Å². The van der Waals surface area contributed by atoms with Crippen molar-refractivity contribution in [1.82, 2.24) is 10.3 Å². The van der Waals surface area contributed by atoms with Gasteiger partial charge in [0.25, 0.3) is 0 Å². The molecule has 1 heterocycles. The lowest BCUT2D eigenvalue weighted by Crippen LogP contribution is -2.21. The number of pyridine rings is 1. The molecule has 0 bridgehead atoms. The van der Waals surface area contributed by atoms with Crippen molar-refractivity contribution in [3.05, 3.63) is 40.1 Å². The van der Waals surface area contributed by atoms with E-state index in [2.05, 4.69) is 31.3 Å². The van der Waals surface area contributed by atoms with Crippen LogP contribution >= 0.6 is 0 Å². The fourth-order valence-corrected chi connectivity index (χ4v) is 3.37. The van der Waals surface area contributed by atoms with Gasteiger partial charge in [0.1, 0.15) is 0 Å². The van der Waals surface area contributed by atoms with E-state index in [-0.39, 0.29) is 0 Å². The largest absolute Gasteiger partial charge is 0.383 e. The Morgan fingerprint density at radius 1 is 1.14 bits per heavy atom. The smallest absolute Gasteiger partial charge is 0.0711 e. The Morgan fingerprint density at radius 3 is 2.73 bits per heavy atom. The van der Waals surface area contributed by atoms with Crippen molar-refractivity contribution in [2.24, 2.45) is 0 Å². The number of methoxy groups -OCH3 is 1. The molecule has 3 nitrogen and oxygen atoms in total. The van der Waals surface area contributed by atoms with Crippen LogP contribution in [-0.4, -0.2) is 25.2 Å². The van der Waals surface area contributed by atoms with Crippen LogP contribution in [0.4, 0.5) is 0 Å². The summed E-state index contributed by atoms with van der Waals surface area (Å²) >= 11 is 0. The Morgan fingerprint density at radius 2 is 1.91 bits per heavy atom. The molecule has 3 heteroatoms. The minimum Gasteiger partial charge on any atom is -0.383 e. The molecule has 1 aromatic carbocycles. The SMILES string of the molecule is COCCNCc1c2c(nc3cc(C)c(C)cc13)CCCC2. The summed E-state index contributed by atoms with van der Waals surface area (Å²) in [6.07, 6.45) is 4.86. The molecule has 0 atom stereocenters. The summed E-state index contributed by atoms with van der Waals surface area (Å²) in [5, 5.41) is 4.85. The maximum absolute atomic E-state index is 5.14. The van der Waals surface area contributed by atoms with Gasteiger partial charge in [0, 0.05) is 31.3 Å². The number of fused-ring (bicyclic) bond motifs is 2. The Bertz CT molecular complexity index is 679. The van der Waals surface area contributed by atoms with Crippen LogP contribution in [0, 0.1) is 13.8 Å². The first kappa shape index (κ1) is 15.4. The van der Waals surface area contributed by atoms with Crippen molar-refractivity contribution >= 4 is 10.9 Å². The molecule has 1 aliphatic carbocycles. The number of aromatic nitrogens is 1. The topological polar surface area (TPSA) is 34.1 Å². The van der Waals surface area contributed by atoms with E-state index < -0.39 is 0 Å². The maximum atomic E-state index is 5.14. The van der Waals surface area contributed by atoms with Gasteiger partial charge in [-0.05, 0) is 73.9 Å². The van der Waals surface area contributed by atoms with Crippen LogP contribution in [0.15, 0.2) is 12.1 Å². The van der Waals surface area contributed by atoms with E-state index in [1.807, 2.05) is 0 Å². The Balaban J connectivity index is 2.05. The van der Waals surface area contributed by atoms with Gasteiger partial charge in [-0.1, -0.05) is 0 Å². The maximum Gasteiger partial charge on any atom is 0.0711 e. The Labute approximate surface area is 133 Å². The van der Waals surface area contributed by atoms with Gasteiger partial charge >= 0.3 is 0 Å². The monoisotopic (exact) mass is 298 g/mol. The highest BCUT2D eigenvalue weighted by Gasteiger charge is 2.18. The first-order valence-electron chi connectivity index (χ1n) is 8.32. The van der Waals surface area contributed by atoms with Gasteiger partial charge in [0.15, 0.2) is 0 Å². The van der Waals surface area contributed by atoms with Gasteiger partial charge < -0.3 is 10.1 Å². The summed E-state index contributed by atoms with van der Waals surface area (Å²) in [6, 6.07) is 4.57. The second-order valence-corrected chi connectivity index (χ2v) is 6.35. The zero-order valence-electron chi connectivity index (χ0n) is 14.0. The number of hydrogen-bond donors (Lipinski definition) is 1. The lowest BCUT2D eigenvalue weighted by molar-refractivity contribution is 0.199. The highest BCUT2D eigenvalue weighted by atomic mass is 16.5. The van der Waals surface area contributed by atoms with Crippen molar-refractivity contribution in [3.8, 4) is 0 Å². The van der Waals surface area contributed by atoms with Crippen molar-refractivity contribution in [1.29, 1.82) is 0 Å². The second-order valence-electron chi connectivity index (χ2n) is 6.35. The van der Waals surface area contributed by atoms with E-state index in [9.17, 15) is 0 Å². The number of aryl methyl sites for hydroxylation is 3. The Hall–Kier alpha value is -1.45. The molecular formula is C19H26N2O. The Kier molecular flexibility index (Phi) is 4.74. The molecule has 118 valence electrons. The third-order valence-electron chi connectivity index (χ3n) is 4.78. The number of ether oxygens (including phenoxy) is 1. The van der Waals surface area contributed by atoms with Crippen molar-refractivity contribution in [2.45, 2.75) is 46.1 Å². The van der Waals surface area contributed by atoms with Crippen molar-refractivity contribution in [2.75, 3.05) is 20.3 Å². The van der Waals surface area contributed by atoms with Gasteiger partial charge in [0.05, 0.1) is 12.1 Å². The van der Waals surface area contributed by atoms with Gasteiger partial charge in [-0.2, -0.15) is 0 Å². The molecule has 0 amide bonds. The molecule has 1 aromatic heterocycles. The first-order chi connectivity index (χ1) is 10.7. The third-order valence-corrected chi connectivity index (χ3v) is 4.78. The fourth-order valence-electron chi connectivity index (χ4n) is 3.37. The molecular weight excluding hydrogens is 272 g/mol. The van der Waals surface area contributed by atoms with E-state index in [1.165, 1.54) is 52.6 Å². The molecule has 22 heavy (non-hydrogen) atoms. The summed E-state index contributed by atoms with van der Waals surface area (Å²) in [4.78, 5) is 4.97. The van der Waals surface area contributed by atoms with Gasteiger partial charge in [-0.15, -0.1) is 0 Å². The highest BCUT2D eigenvalue weighted by molar-refractivity contribution is 5.85.